The summed E-state index contributed by atoms with van der Waals surface area (Å²) in [6.07, 6.45) is 5.29. The molecule has 0 radical (unpaired) electrons. The van der Waals surface area contributed by atoms with Gasteiger partial charge in [0.25, 0.3) is 0 Å². The third-order valence-electron chi connectivity index (χ3n) is 2.59. The van der Waals surface area contributed by atoms with Crippen LogP contribution in [-0.4, -0.2) is 11.9 Å². The molecule has 0 aromatic heterocycles. The van der Waals surface area contributed by atoms with Crippen LogP contribution < -0.4 is 16.4 Å². The van der Waals surface area contributed by atoms with Gasteiger partial charge in [-0.2, -0.15) is 5.53 Å². The summed E-state index contributed by atoms with van der Waals surface area (Å²) in [6, 6.07) is 0. The van der Waals surface area contributed by atoms with E-state index >= 15 is 0 Å². The molecule has 1 saturated carbocycles. The van der Waals surface area contributed by atoms with Gasteiger partial charge < -0.3 is 4.79 Å². The Labute approximate surface area is 65.7 Å². The summed E-state index contributed by atoms with van der Waals surface area (Å²) in [7, 11) is 0. The van der Waals surface area contributed by atoms with E-state index in [0.717, 1.165) is 32.0 Å². The molecule has 11 heavy (non-hydrogen) atoms. The SMILES string of the molecule is O=CC1CCCC2(C1)NNN2. The summed E-state index contributed by atoms with van der Waals surface area (Å²) in [6.45, 7) is 0. The monoisotopic (exact) mass is 155 g/mol. The third-order valence-corrected chi connectivity index (χ3v) is 2.59. The maximum absolute atomic E-state index is 10.5. The molecule has 1 heterocycles. The number of hydrogen-bond acceptors (Lipinski definition) is 4. The van der Waals surface area contributed by atoms with E-state index in [-0.39, 0.29) is 11.6 Å². The van der Waals surface area contributed by atoms with Crippen molar-refractivity contribution in [2.45, 2.75) is 31.3 Å². The average Bonchev–Trinajstić information content (AvgIpc) is 2.02. The number of aldehydes is 1. The number of hydrazine groups is 2. The van der Waals surface area contributed by atoms with E-state index in [1.807, 2.05) is 0 Å². The van der Waals surface area contributed by atoms with E-state index in [9.17, 15) is 4.79 Å². The molecule has 0 aromatic rings. The lowest BCUT2D eigenvalue weighted by Gasteiger charge is -2.48. The fourth-order valence-electron chi connectivity index (χ4n) is 1.90. The van der Waals surface area contributed by atoms with Gasteiger partial charge in [-0.15, -0.1) is 0 Å². The summed E-state index contributed by atoms with van der Waals surface area (Å²) in [5.74, 6) is 0.242. The molecule has 2 rings (SSSR count). The molecule has 0 amide bonds. The highest BCUT2D eigenvalue weighted by Crippen LogP contribution is 2.30. The predicted molar refractivity (Wildman–Crippen MR) is 40.2 cm³/mol. The summed E-state index contributed by atoms with van der Waals surface area (Å²) in [4.78, 5) is 10.5. The second-order valence-electron chi connectivity index (χ2n) is 3.45. The zero-order chi connectivity index (χ0) is 7.73. The van der Waals surface area contributed by atoms with Crippen molar-refractivity contribution in [1.82, 2.24) is 16.4 Å². The van der Waals surface area contributed by atoms with Gasteiger partial charge in [-0.3, -0.25) is 0 Å². The molecular formula is C7H13N3O. The van der Waals surface area contributed by atoms with Crippen molar-refractivity contribution in [3.8, 4) is 0 Å². The molecule has 1 saturated heterocycles. The molecule has 0 aromatic carbocycles. The highest BCUT2D eigenvalue weighted by Gasteiger charge is 2.40. The molecule has 1 aliphatic carbocycles. The van der Waals surface area contributed by atoms with Crippen LogP contribution in [0.5, 0.6) is 0 Å². The minimum absolute atomic E-state index is 0.0316. The molecule has 2 aliphatic rings. The van der Waals surface area contributed by atoms with Crippen LogP contribution in [0.1, 0.15) is 25.7 Å². The fraction of sp³-hybridized carbons (Fsp3) is 0.857. The summed E-state index contributed by atoms with van der Waals surface area (Å²) >= 11 is 0. The second-order valence-corrected chi connectivity index (χ2v) is 3.45. The zero-order valence-electron chi connectivity index (χ0n) is 6.39. The zero-order valence-corrected chi connectivity index (χ0v) is 6.39. The van der Waals surface area contributed by atoms with E-state index in [1.165, 1.54) is 0 Å². The largest absolute Gasteiger partial charge is 0.303 e. The predicted octanol–water partition coefficient (Wildman–Crippen LogP) is -0.316. The smallest absolute Gasteiger partial charge is 0.123 e. The lowest BCUT2D eigenvalue weighted by Crippen LogP contribution is -2.80. The Balaban J connectivity index is 1.97. The highest BCUT2D eigenvalue weighted by molar-refractivity contribution is 5.54. The Hall–Kier alpha value is -0.450. The topological polar surface area (TPSA) is 53.2 Å². The van der Waals surface area contributed by atoms with Crippen LogP contribution in [0.2, 0.25) is 0 Å². The molecule has 1 spiro atoms. The van der Waals surface area contributed by atoms with Crippen molar-refractivity contribution in [1.29, 1.82) is 0 Å². The van der Waals surface area contributed by atoms with Crippen molar-refractivity contribution in [2.24, 2.45) is 5.92 Å². The van der Waals surface area contributed by atoms with E-state index in [4.69, 9.17) is 0 Å². The summed E-state index contributed by atoms with van der Waals surface area (Å²) in [5.41, 5.74) is 9.04. The second kappa shape index (κ2) is 2.55. The number of hydrogen-bond donors (Lipinski definition) is 3. The van der Waals surface area contributed by atoms with Gasteiger partial charge in [0.1, 0.15) is 6.29 Å². The molecule has 3 N–H and O–H groups in total. The van der Waals surface area contributed by atoms with Gasteiger partial charge in [-0.1, -0.05) is 0 Å². The minimum atomic E-state index is 0.0316. The average molecular weight is 155 g/mol. The van der Waals surface area contributed by atoms with Crippen LogP contribution in [0.4, 0.5) is 0 Å². The number of carbonyl (C=O) groups is 1. The number of nitrogens with one attached hydrogen (secondary N) is 3. The summed E-state index contributed by atoms with van der Waals surface area (Å²) < 4.78 is 0. The van der Waals surface area contributed by atoms with Crippen molar-refractivity contribution in [2.75, 3.05) is 0 Å². The van der Waals surface area contributed by atoms with Gasteiger partial charge in [0.2, 0.25) is 0 Å². The number of carbonyl (C=O) groups excluding carboxylic acids is 1. The van der Waals surface area contributed by atoms with E-state index in [2.05, 4.69) is 16.4 Å². The fourth-order valence-corrected chi connectivity index (χ4v) is 1.90. The van der Waals surface area contributed by atoms with Crippen molar-refractivity contribution in [3.05, 3.63) is 0 Å². The molecule has 4 nitrogen and oxygen atoms in total. The van der Waals surface area contributed by atoms with Gasteiger partial charge in [-0.25, -0.2) is 10.9 Å². The first kappa shape index (κ1) is 7.21. The highest BCUT2D eigenvalue weighted by atomic mass is 16.1. The van der Waals surface area contributed by atoms with E-state index < -0.39 is 0 Å². The molecule has 4 heteroatoms. The van der Waals surface area contributed by atoms with E-state index in [1.54, 1.807) is 0 Å². The first-order chi connectivity index (χ1) is 5.35. The maximum atomic E-state index is 10.5. The molecule has 1 aliphatic heterocycles. The Morgan fingerprint density at radius 1 is 1.45 bits per heavy atom. The van der Waals surface area contributed by atoms with E-state index in [0.29, 0.717) is 0 Å². The summed E-state index contributed by atoms with van der Waals surface area (Å²) in [5, 5.41) is 0. The molecule has 62 valence electrons. The lowest BCUT2D eigenvalue weighted by molar-refractivity contribution is -0.114. The van der Waals surface area contributed by atoms with Crippen LogP contribution in [-0.2, 0) is 4.79 Å². The normalized spacial score (nSPS) is 34.7. The molecule has 0 bridgehead atoms. The Morgan fingerprint density at radius 2 is 2.27 bits per heavy atom. The van der Waals surface area contributed by atoms with Crippen LogP contribution in [0.15, 0.2) is 0 Å². The van der Waals surface area contributed by atoms with Crippen LogP contribution >= 0.6 is 0 Å². The standard InChI is InChI=1S/C7H13N3O/c11-5-6-2-1-3-7(4-6)8-10-9-7/h5-6,8-10H,1-4H2. The maximum Gasteiger partial charge on any atom is 0.123 e. The minimum Gasteiger partial charge on any atom is -0.303 e. The van der Waals surface area contributed by atoms with Gasteiger partial charge in [0.15, 0.2) is 0 Å². The first-order valence-electron chi connectivity index (χ1n) is 4.09. The quantitative estimate of drug-likeness (QED) is 0.454. The van der Waals surface area contributed by atoms with Gasteiger partial charge >= 0.3 is 0 Å². The third kappa shape index (κ3) is 1.17. The van der Waals surface area contributed by atoms with Crippen molar-refractivity contribution < 1.29 is 4.79 Å². The Kier molecular flexibility index (Phi) is 1.67. The molecule has 2 fully saturated rings. The molecular weight excluding hydrogens is 142 g/mol. The van der Waals surface area contributed by atoms with Gasteiger partial charge in [-0.05, 0) is 25.7 Å². The van der Waals surface area contributed by atoms with Crippen LogP contribution in [0.25, 0.3) is 0 Å². The first-order valence-corrected chi connectivity index (χ1v) is 4.09. The number of rotatable bonds is 1. The van der Waals surface area contributed by atoms with Crippen molar-refractivity contribution >= 4 is 6.29 Å². The Morgan fingerprint density at radius 3 is 2.82 bits per heavy atom. The van der Waals surface area contributed by atoms with Crippen LogP contribution in [0, 0.1) is 5.92 Å². The van der Waals surface area contributed by atoms with Crippen molar-refractivity contribution in [3.63, 3.8) is 0 Å². The Bertz CT molecular complexity index is 167. The molecule has 1 atom stereocenters. The van der Waals surface area contributed by atoms with Crippen LogP contribution in [0.3, 0.4) is 0 Å². The molecule has 1 unspecified atom stereocenters. The van der Waals surface area contributed by atoms with Gasteiger partial charge in [0, 0.05) is 5.92 Å². The van der Waals surface area contributed by atoms with Gasteiger partial charge in [0.05, 0.1) is 5.66 Å². The lowest BCUT2D eigenvalue weighted by atomic mass is 9.82.